The van der Waals surface area contributed by atoms with E-state index < -0.39 is 0 Å². The first-order valence-electron chi connectivity index (χ1n) is 3.94. The number of rotatable bonds is 4. The molecule has 0 amide bonds. The van der Waals surface area contributed by atoms with Crippen molar-refractivity contribution in [2.24, 2.45) is 0 Å². The lowest BCUT2D eigenvalue weighted by atomic mass is 10.3. The van der Waals surface area contributed by atoms with Crippen molar-refractivity contribution in [3.63, 3.8) is 0 Å². The van der Waals surface area contributed by atoms with Crippen LogP contribution in [0.1, 0.15) is 12.8 Å². The van der Waals surface area contributed by atoms with Gasteiger partial charge in [0.25, 0.3) is 0 Å². The molecule has 1 rings (SSSR count). The van der Waals surface area contributed by atoms with E-state index in [9.17, 15) is 0 Å². The largest absolute Gasteiger partial charge is 0.349 e. The molecule has 2 heteroatoms. The van der Waals surface area contributed by atoms with Crippen LogP contribution in [0.3, 0.4) is 0 Å². The fraction of sp³-hybridized carbons (Fsp3) is 0.556. The van der Waals surface area contributed by atoms with E-state index in [2.05, 4.69) is 12.7 Å². The van der Waals surface area contributed by atoms with Crippen LogP contribution in [0.15, 0.2) is 24.8 Å². The molecular formula is C9H14O2. The molecule has 0 saturated heterocycles. The molecule has 0 aliphatic carbocycles. The lowest BCUT2D eigenvalue weighted by molar-refractivity contribution is -0.114. The fourth-order valence-corrected chi connectivity index (χ4v) is 0.886. The summed E-state index contributed by atoms with van der Waals surface area (Å²) < 4.78 is 10.6. The molecule has 0 bridgehead atoms. The van der Waals surface area contributed by atoms with E-state index in [-0.39, 0.29) is 6.29 Å². The summed E-state index contributed by atoms with van der Waals surface area (Å²) in [6, 6.07) is 0. The lowest BCUT2D eigenvalue weighted by Gasteiger charge is -2.17. The molecule has 0 unspecified atom stereocenters. The van der Waals surface area contributed by atoms with Gasteiger partial charge in [-0.15, -0.1) is 6.58 Å². The van der Waals surface area contributed by atoms with Gasteiger partial charge in [-0.2, -0.15) is 0 Å². The molecule has 1 aliphatic heterocycles. The molecule has 0 radical (unpaired) electrons. The zero-order valence-electron chi connectivity index (χ0n) is 6.66. The molecule has 1 atom stereocenters. The normalized spacial score (nSPS) is 23.5. The lowest BCUT2D eigenvalue weighted by Crippen LogP contribution is -2.18. The Kier molecular flexibility index (Phi) is 3.94. The van der Waals surface area contributed by atoms with Gasteiger partial charge < -0.3 is 9.47 Å². The number of hydrogen-bond acceptors (Lipinski definition) is 2. The van der Waals surface area contributed by atoms with Crippen molar-refractivity contribution in [3.8, 4) is 0 Å². The molecule has 0 fully saturated rings. The van der Waals surface area contributed by atoms with Gasteiger partial charge in [-0.05, 0) is 18.9 Å². The van der Waals surface area contributed by atoms with E-state index in [0.29, 0.717) is 6.61 Å². The molecule has 0 aromatic heterocycles. The molecule has 0 aromatic carbocycles. The van der Waals surface area contributed by atoms with Gasteiger partial charge in [0.2, 0.25) is 0 Å². The molecule has 62 valence electrons. The van der Waals surface area contributed by atoms with Crippen LogP contribution in [-0.2, 0) is 9.47 Å². The molecule has 0 aromatic rings. The minimum atomic E-state index is -0.122. The summed E-state index contributed by atoms with van der Waals surface area (Å²) in [6.07, 6.45) is 7.64. The first-order chi connectivity index (χ1) is 5.43. The van der Waals surface area contributed by atoms with Crippen LogP contribution in [0.2, 0.25) is 0 Å². The average molecular weight is 154 g/mol. The Bertz CT molecular complexity index is 140. The summed E-state index contributed by atoms with van der Waals surface area (Å²) in [7, 11) is 0. The predicted molar refractivity (Wildman–Crippen MR) is 44.3 cm³/mol. The van der Waals surface area contributed by atoms with Crippen molar-refractivity contribution in [2.75, 3.05) is 13.2 Å². The molecule has 0 N–H and O–H groups in total. The Hall–Kier alpha value is -0.600. The Morgan fingerprint density at radius 2 is 2.64 bits per heavy atom. The maximum Gasteiger partial charge on any atom is 0.176 e. The zero-order valence-corrected chi connectivity index (χ0v) is 6.66. The van der Waals surface area contributed by atoms with Crippen LogP contribution in [-0.4, -0.2) is 19.5 Å². The molecular weight excluding hydrogens is 140 g/mol. The van der Waals surface area contributed by atoms with Crippen molar-refractivity contribution < 1.29 is 9.47 Å². The van der Waals surface area contributed by atoms with Crippen molar-refractivity contribution in [1.82, 2.24) is 0 Å². The summed E-state index contributed by atoms with van der Waals surface area (Å²) in [5, 5.41) is 0. The van der Waals surface area contributed by atoms with Crippen molar-refractivity contribution in [2.45, 2.75) is 19.1 Å². The van der Waals surface area contributed by atoms with Crippen molar-refractivity contribution >= 4 is 0 Å². The standard InChI is InChI=1S/C9H14O2/c1-2-3-7-10-9-6-4-5-8-11-9/h2,4,6,9H,1,3,5,7-8H2/t9-/m0/s1. The summed E-state index contributed by atoms with van der Waals surface area (Å²) in [4.78, 5) is 0. The van der Waals surface area contributed by atoms with Crippen LogP contribution in [0.4, 0.5) is 0 Å². The van der Waals surface area contributed by atoms with E-state index in [1.165, 1.54) is 0 Å². The van der Waals surface area contributed by atoms with Crippen LogP contribution in [0.5, 0.6) is 0 Å². The van der Waals surface area contributed by atoms with Crippen LogP contribution >= 0.6 is 0 Å². The summed E-state index contributed by atoms with van der Waals surface area (Å²) >= 11 is 0. The third-order valence-corrected chi connectivity index (χ3v) is 1.46. The van der Waals surface area contributed by atoms with E-state index in [4.69, 9.17) is 9.47 Å². The highest BCUT2D eigenvalue weighted by Crippen LogP contribution is 2.05. The Morgan fingerprint density at radius 3 is 3.27 bits per heavy atom. The Balaban J connectivity index is 2.09. The third kappa shape index (κ3) is 3.35. The first kappa shape index (κ1) is 8.50. The highest BCUT2D eigenvalue weighted by molar-refractivity contribution is 4.88. The fourth-order valence-electron chi connectivity index (χ4n) is 0.886. The molecule has 0 saturated carbocycles. The highest BCUT2D eigenvalue weighted by Gasteiger charge is 2.06. The van der Waals surface area contributed by atoms with E-state index in [0.717, 1.165) is 19.4 Å². The second-order valence-electron chi connectivity index (χ2n) is 2.40. The summed E-state index contributed by atoms with van der Waals surface area (Å²) in [6.45, 7) is 5.07. The van der Waals surface area contributed by atoms with Gasteiger partial charge in [0.15, 0.2) is 6.29 Å². The molecule has 1 heterocycles. The van der Waals surface area contributed by atoms with Crippen molar-refractivity contribution in [3.05, 3.63) is 24.8 Å². The van der Waals surface area contributed by atoms with Crippen LogP contribution < -0.4 is 0 Å². The van der Waals surface area contributed by atoms with Crippen molar-refractivity contribution in [1.29, 1.82) is 0 Å². The second-order valence-corrected chi connectivity index (χ2v) is 2.40. The van der Waals surface area contributed by atoms with Gasteiger partial charge in [0.05, 0.1) is 13.2 Å². The van der Waals surface area contributed by atoms with E-state index >= 15 is 0 Å². The van der Waals surface area contributed by atoms with Gasteiger partial charge >= 0.3 is 0 Å². The van der Waals surface area contributed by atoms with Gasteiger partial charge in [-0.3, -0.25) is 0 Å². The maximum absolute atomic E-state index is 5.34. The number of ether oxygens (including phenoxy) is 2. The predicted octanol–water partition coefficient (Wildman–Crippen LogP) is 1.88. The second kappa shape index (κ2) is 5.10. The van der Waals surface area contributed by atoms with Gasteiger partial charge in [-0.25, -0.2) is 0 Å². The van der Waals surface area contributed by atoms with Gasteiger partial charge in [0, 0.05) is 0 Å². The average Bonchev–Trinajstić information content (AvgIpc) is 2.07. The quantitative estimate of drug-likeness (QED) is 0.454. The van der Waals surface area contributed by atoms with Crippen LogP contribution in [0.25, 0.3) is 0 Å². The minimum Gasteiger partial charge on any atom is -0.349 e. The van der Waals surface area contributed by atoms with Gasteiger partial charge in [-0.1, -0.05) is 12.2 Å². The van der Waals surface area contributed by atoms with Crippen LogP contribution in [0, 0.1) is 0 Å². The molecule has 1 aliphatic rings. The van der Waals surface area contributed by atoms with E-state index in [1.807, 2.05) is 12.2 Å². The third-order valence-electron chi connectivity index (χ3n) is 1.46. The molecule has 11 heavy (non-hydrogen) atoms. The highest BCUT2D eigenvalue weighted by atomic mass is 16.7. The Labute approximate surface area is 67.5 Å². The SMILES string of the molecule is C=CCCO[C@@H]1C=CCCO1. The zero-order chi connectivity index (χ0) is 7.94. The number of hydrogen-bond donors (Lipinski definition) is 0. The molecule has 0 spiro atoms. The minimum absolute atomic E-state index is 0.122. The summed E-state index contributed by atoms with van der Waals surface area (Å²) in [5.74, 6) is 0. The maximum atomic E-state index is 5.34. The van der Waals surface area contributed by atoms with Gasteiger partial charge in [0.1, 0.15) is 0 Å². The smallest absolute Gasteiger partial charge is 0.176 e. The topological polar surface area (TPSA) is 18.5 Å². The monoisotopic (exact) mass is 154 g/mol. The summed E-state index contributed by atoms with van der Waals surface area (Å²) in [5.41, 5.74) is 0. The Morgan fingerprint density at radius 1 is 1.73 bits per heavy atom. The first-order valence-corrected chi connectivity index (χ1v) is 3.94. The molecule has 2 nitrogen and oxygen atoms in total. The van der Waals surface area contributed by atoms with E-state index in [1.54, 1.807) is 0 Å².